The summed E-state index contributed by atoms with van der Waals surface area (Å²) in [7, 11) is 0. The van der Waals surface area contributed by atoms with E-state index in [2.05, 4.69) is 4.98 Å². The first-order valence-electron chi connectivity index (χ1n) is 6.05. The van der Waals surface area contributed by atoms with Crippen LogP contribution >= 0.6 is 11.6 Å². The Balaban J connectivity index is 1.90. The highest BCUT2D eigenvalue weighted by Gasteiger charge is 2.15. The zero-order valence-electron chi connectivity index (χ0n) is 10.4. The second-order valence-electron chi connectivity index (χ2n) is 4.23. The molecule has 2 aromatic carbocycles. The van der Waals surface area contributed by atoms with Crippen molar-refractivity contribution in [3.63, 3.8) is 0 Å². The summed E-state index contributed by atoms with van der Waals surface area (Å²) in [5.41, 5.74) is 1.35. The summed E-state index contributed by atoms with van der Waals surface area (Å²) >= 11 is 5.80. The number of rotatable bonds is 3. The molecule has 0 spiro atoms. The number of halogens is 1. The summed E-state index contributed by atoms with van der Waals surface area (Å²) in [4.78, 5) is 16.4. The van der Waals surface area contributed by atoms with Crippen LogP contribution < -0.4 is 0 Å². The average Bonchev–Trinajstić information content (AvgIpc) is 2.98. The Morgan fingerprint density at radius 2 is 1.70 bits per heavy atom. The summed E-state index contributed by atoms with van der Waals surface area (Å²) in [5.74, 6) is 0.436. The molecule has 0 aliphatic heterocycles. The van der Waals surface area contributed by atoms with E-state index >= 15 is 0 Å². The van der Waals surface area contributed by atoms with Crippen molar-refractivity contribution >= 4 is 17.4 Å². The lowest BCUT2D eigenvalue weighted by molar-refractivity contribution is 0.101. The predicted molar refractivity (Wildman–Crippen MR) is 76.8 cm³/mol. The number of nitrogens with zero attached hydrogens (tertiary/aromatic N) is 1. The summed E-state index contributed by atoms with van der Waals surface area (Å²) in [6.07, 6.45) is 1.44. The van der Waals surface area contributed by atoms with Crippen molar-refractivity contribution in [2.75, 3.05) is 0 Å². The van der Waals surface area contributed by atoms with Crippen LogP contribution in [0.1, 0.15) is 16.1 Å². The third kappa shape index (κ3) is 2.49. The van der Waals surface area contributed by atoms with Crippen molar-refractivity contribution < 1.29 is 9.21 Å². The van der Waals surface area contributed by atoms with Crippen LogP contribution in [0.3, 0.4) is 0 Å². The van der Waals surface area contributed by atoms with Gasteiger partial charge in [0.1, 0.15) is 0 Å². The number of oxazole rings is 1. The van der Waals surface area contributed by atoms with E-state index in [4.69, 9.17) is 16.0 Å². The Morgan fingerprint density at radius 1 is 1.00 bits per heavy atom. The minimum absolute atomic E-state index is 0.212. The van der Waals surface area contributed by atoms with Crippen molar-refractivity contribution in [2.24, 2.45) is 0 Å². The van der Waals surface area contributed by atoms with Gasteiger partial charge in [-0.15, -0.1) is 0 Å². The van der Waals surface area contributed by atoms with Gasteiger partial charge in [0.05, 0.1) is 6.20 Å². The zero-order valence-corrected chi connectivity index (χ0v) is 11.2. The van der Waals surface area contributed by atoms with Gasteiger partial charge in [-0.1, -0.05) is 29.8 Å². The fourth-order valence-corrected chi connectivity index (χ4v) is 1.96. The molecule has 0 fully saturated rings. The van der Waals surface area contributed by atoms with Crippen LogP contribution in [0.2, 0.25) is 5.02 Å². The lowest BCUT2D eigenvalue weighted by Crippen LogP contribution is -1.98. The number of carbonyl (C=O) groups is 1. The van der Waals surface area contributed by atoms with Gasteiger partial charge in [-0.05, 0) is 36.4 Å². The molecule has 0 unspecified atom stereocenters. The summed E-state index contributed by atoms with van der Waals surface area (Å²) in [6, 6.07) is 16.1. The molecule has 0 radical (unpaired) electrons. The van der Waals surface area contributed by atoms with Gasteiger partial charge in [0.15, 0.2) is 5.76 Å². The first kappa shape index (κ1) is 12.6. The van der Waals surface area contributed by atoms with Crippen molar-refractivity contribution in [1.82, 2.24) is 4.98 Å². The van der Waals surface area contributed by atoms with E-state index in [1.807, 2.05) is 30.3 Å². The Kier molecular flexibility index (Phi) is 3.35. The number of aromatic nitrogens is 1. The van der Waals surface area contributed by atoms with Gasteiger partial charge in [-0.2, -0.15) is 0 Å². The maximum absolute atomic E-state index is 12.2. The van der Waals surface area contributed by atoms with Gasteiger partial charge in [0.25, 0.3) is 0 Å². The maximum Gasteiger partial charge on any atom is 0.229 e. The molecular formula is C16H10ClNO2. The number of carbonyl (C=O) groups excluding carboxylic acids is 1. The fraction of sp³-hybridized carbons (Fsp3) is 0. The average molecular weight is 284 g/mol. The number of hydrogen-bond donors (Lipinski definition) is 0. The molecule has 0 bridgehead atoms. The molecule has 3 rings (SSSR count). The second kappa shape index (κ2) is 5.31. The summed E-state index contributed by atoms with van der Waals surface area (Å²) < 4.78 is 5.52. The molecule has 0 atom stereocenters. The van der Waals surface area contributed by atoms with Crippen molar-refractivity contribution in [3.05, 3.63) is 77.1 Å². The second-order valence-corrected chi connectivity index (χ2v) is 4.67. The van der Waals surface area contributed by atoms with E-state index in [9.17, 15) is 4.79 Å². The fourth-order valence-electron chi connectivity index (χ4n) is 1.84. The molecule has 98 valence electrons. The first-order valence-corrected chi connectivity index (χ1v) is 6.43. The van der Waals surface area contributed by atoms with Crippen LogP contribution in [-0.4, -0.2) is 10.8 Å². The van der Waals surface area contributed by atoms with E-state index in [0.29, 0.717) is 16.5 Å². The standard InChI is InChI=1S/C16H10ClNO2/c17-13-8-6-11(7-9-13)15(19)14-10-18-16(20-14)12-4-2-1-3-5-12/h1-10H. The Labute approximate surface area is 120 Å². The lowest BCUT2D eigenvalue weighted by atomic mass is 10.1. The molecule has 0 amide bonds. The molecule has 0 aliphatic carbocycles. The highest BCUT2D eigenvalue weighted by atomic mass is 35.5. The normalized spacial score (nSPS) is 10.4. The van der Waals surface area contributed by atoms with Crippen molar-refractivity contribution in [2.45, 2.75) is 0 Å². The highest BCUT2D eigenvalue weighted by Crippen LogP contribution is 2.21. The summed E-state index contributed by atoms with van der Waals surface area (Å²) in [5, 5.41) is 0.587. The SMILES string of the molecule is O=C(c1ccc(Cl)cc1)c1cnc(-c2ccccc2)o1. The zero-order chi connectivity index (χ0) is 13.9. The first-order chi connectivity index (χ1) is 9.74. The minimum atomic E-state index is -0.212. The smallest absolute Gasteiger partial charge is 0.229 e. The van der Waals surface area contributed by atoms with Crippen LogP contribution in [0.25, 0.3) is 11.5 Å². The molecule has 0 saturated heterocycles. The van der Waals surface area contributed by atoms with Gasteiger partial charge in [0.2, 0.25) is 11.7 Å². The van der Waals surface area contributed by atoms with E-state index in [0.717, 1.165) is 5.56 Å². The van der Waals surface area contributed by atoms with Gasteiger partial charge < -0.3 is 4.42 Å². The van der Waals surface area contributed by atoms with Gasteiger partial charge in [-0.25, -0.2) is 4.98 Å². The summed E-state index contributed by atoms with van der Waals surface area (Å²) in [6.45, 7) is 0. The minimum Gasteiger partial charge on any atom is -0.433 e. The van der Waals surface area contributed by atoms with E-state index < -0.39 is 0 Å². The van der Waals surface area contributed by atoms with E-state index in [-0.39, 0.29) is 11.5 Å². The van der Waals surface area contributed by atoms with Crippen molar-refractivity contribution in [3.8, 4) is 11.5 Å². The molecule has 1 aromatic heterocycles. The van der Waals surface area contributed by atoms with Gasteiger partial charge in [-0.3, -0.25) is 4.79 Å². The van der Waals surface area contributed by atoms with Crippen LogP contribution in [0.5, 0.6) is 0 Å². The molecule has 0 N–H and O–H groups in total. The topological polar surface area (TPSA) is 43.1 Å². The maximum atomic E-state index is 12.2. The molecule has 0 saturated carbocycles. The highest BCUT2D eigenvalue weighted by molar-refractivity contribution is 6.30. The number of ketones is 1. The van der Waals surface area contributed by atoms with Crippen LogP contribution in [0, 0.1) is 0 Å². The molecule has 20 heavy (non-hydrogen) atoms. The van der Waals surface area contributed by atoms with E-state index in [1.165, 1.54) is 6.20 Å². The monoisotopic (exact) mass is 283 g/mol. The van der Waals surface area contributed by atoms with Crippen LogP contribution in [-0.2, 0) is 0 Å². The van der Waals surface area contributed by atoms with Crippen molar-refractivity contribution in [1.29, 1.82) is 0 Å². The number of hydrogen-bond acceptors (Lipinski definition) is 3. The molecule has 3 aromatic rings. The predicted octanol–water partition coefficient (Wildman–Crippen LogP) is 4.23. The molecular weight excluding hydrogens is 274 g/mol. The Bertz CT molecular complexity index is 733. The van der Waals surface area contributed by atoms with Gasteiger partial charge in [0, 0.05) is 16.1 Å². The van der Waals surface area contributed by atoms with Crippen LogP contribution in [0.4, 0.5) is 0 Å². The third-order valence-corrected chi connectivity index (χ3v) is 3.11. The molecule has 3 nitrogen and oxygen atoms in total. The Hall–Kier alpha value is -2.39. The number of benzene rings is 2. The largest absolute Gasteiger partial charge is 0.433 e. The Morgan fingerprint density at radius 3 is 2.40 bits per heavy atom. The molecule has 4 heteroatoms. The van der Waals surface area contributed by atoms with Gasteiger partial charge >= 0.3 is 0 Å². The molecule has 1 heterocycles. The quantitative estimate of drug-likeness (QED) is 0.676. The lowest BCUT2D eigenvalue weighted by Gasteiger charge is -1.97. The third-order valence-electron chi connectivity index (χ3n) is 2.86. The van der Waals surface area contributed by atoms with E-state index in [1.54, 1.807) is 24.3 Å². The van der Waals surface area contributed by atoms with Crippen LogP contribution in [0.15, 0.2) is 65.2 Å². The molecule has 0 aliphatic rings.